The minimum Gasteiger partial charge on any atom is -0.365 e. The Morgan fingerprint density at radius 3 is 2.75 bits per heavy atom. The Bertz CT molecular complexity index is 472. The van der Waals surface area contributed by atoms with E-state index in [0.717, 1.165) is 42.2 Å². The van der Waals surface area contributed by atoms with Crippen LogP contribution in [0, 0.1) is 0 Å². The van der Waals surface area contributed by atoms with Crippen LogP contribution < -0.4 is 10.2 Å². The first-order valence-electron chi connectivity index (χ1n) is 7.04. The van der Waals surface area contributed by atoms with Crippen molar-refractivity contribution in [3.8, 4) is 0 Å². The summed E-state index contributed by atoms with van der Waals surface area (Å²) in [5.74, 6) is 0.195. The maximum Gasteiger partial charge on any atom is 0.242 e. The van der Waals surface area contributed by atoms with Gasteiger partial charge in [0, 0.05) is 43.0 Å². The van der Waals surface area contributed by atoms with Gasteiger partial charge in [-0.1, -0.05) is 17.7 Å². The zero-order chi connectivity index (χ0) is 14.5. The summed E-state index contributed by atoms with van der Waals surface area (Å²) in [5, 5.41) is 3.86. The maximum absolute atomic E-state index is 12.2. The van der Waals surface area contributed by atoms with Gasteiger partial charge in [0.1, 0.15) is 0 Å². The van der Waals surface area contributed by atoms with Crippen LogP contribution in [0.15, 0.2) is 18.2 Å². The number of carbonyl (C=O) groups excluding carboxylic acids is 1. The van der Waals surface area contributed by atoms with Gasteiger partial charge in [-0.05, 0) is 32.0 Å². The number of likely N-dealkylation sites (tertiary alicyclic amines) is 1. The second kappa shape index (κ2) is 6.95. The molecular weight excluding hydrogens is 274 g/mol. The first-order valence-corrected chi connectivity index (χ1v) is 7.42. The molecule has 1 N–H and O–H groups in total. The van der Waals surface area contributed by atoms with Crippen LogP contribution in [0.25, 0.3) is 0 Å². The number of halogens is 1. The zero-order valence-electron chi connectivity index (χ0n) is 12.2. The standard InChI is InChI=1S/C15H22ClN3O/c1-17-10-12-13(16)6-5-7-14(12)18(2)11-15(20)19-8-3-4-9-19/h5-7,17H,3-4,8-11H2,1-2H3. The van der Waals surface area contributed by atoms with Crippen molar-refractivity contribution in [1.29, 1.82) is 0 Å². The number of nitrogens with zero attached hydrogens (tertiary/aromatic N) is 2. The Labute approximate surface area is 125 Å². The number of nitrogens with one attached hydrogen (secondary N) is 1. The lowest BCUT2D eigenvalue weighted by Gasteiger charge is -2.25. The molecule has 0 spiro atoms. The van der Waals surface area contributed by atoms with Gasteiger partial charge in [-0.3, -0.25) is 4.79 Å². The summed E-state index contributed by atoms with van der Waals surface area (Å²) in [4.78, 5) is 16.1. The predicted octanol–water partition coefficient (Wildman–Crippen LogP) is 2.12. The van der Waals surface area contributed by atoms with Gasteiger partial charge < -0.3 is 15.1 Å². The van der Waals surface area contributed by atoms with E-state index in [1.807, 2.05) is 42.1 Å². The van der Waals surface area contributed by atoms with E-state index < -0.39 is 0 Å². The van der Waals surface area contributed by atoms with Crippen LogP contribution in [-0.4, -0.2) is 44.5 Å². The van der Waals surface area contributed by atoms with Crippen molar-refractivity contribution in [2.45, 2.75) is 19.4 Å². The van der Waals surface area contributed by atoms with E-state index in [2.05, 4.69) is 5.32 Å². The topological polar surface area (TPSA) is 35.6 Å². The van der Waals surface area contributed by atoms with Crippen molar-refractivity contribution in [2.24, 2.45) is 0 Å². The van der Waals surface area contributed by atoms with Crippen molar-refractivity contribution in [2.75, 3.05) is 38.6 Å². The highest BCUT2D eigenvalue weighted by atomic mass is 35.5. The van der Waals surface area contributed by atoms with Gasteiger partial charge in [-0.25, -0.2) is 0 Å². The van der Waals surface area contributed by atoms with Gasteiger partial charge in [0.2, 0.25) is 5.91 Å². The third kappa shape index (κ3) is 3.44. The molecule has 1 saturated heterocycles. The number of likely N-dealkylation sites (N-methyl/N-ethyl adjacent to an activating group) is 1. The number of amides is 1. The monoisotopic (exact) mass is 295 g/mol. The van der Waals surface area contributed by atoms with Crippen molar-refractivity contribution in [3.05, 3.63) is 28.8 Å². The van der Waals surface area contributed by atoms with E-state index in [1.165, 1.54) is 0 Å². The molecule has 1 aromatic carbocycles. The van der Waals surface area contributed by atoms with E-state index in [1.54, 1.807) is 0 Å². The molecule has 1 aliphatic rings. The molecule has 1 aromatic rings. The fourth-order valence-corrected chi connectivity index (χ4v) is 2.85. The minimum absolute atomic E-state index is 0.195. The Hall–Kier alpha value is -1.26. The molecule has 1 heterocycles. The number of hydrogen-bond donors (Lipinski definition) is 1. The highest BCUT2D eigenvalue weighted by Crippen LogP contribution is 2.27. The fraction of sp³-hybridized carbons (Fsp3) is 0.533. The van der Waals surface area contributed by atoms with Crippen molar-refractivity contribution in [3.63, 3.8) is 0 Å². The summed E-state index contributed by atoms with van der Waals surface area (Å²) in [6.07, 6.45) is 2.25. The van der Waals surface area contributed by atoms with Gasteiger partial charge in [-0.2, -0.15) is 0 Å². The molecule has 1 fully saturated rings. The molecule has 0 atom stereocenters. The first-order chi connectivity index (χ1) is 9.63. The van der Waals surface area contributed by atoms with Crippen LogP contribution >= 0.6 is 11.6 Å². The fourth-order valence-electron chi connectivity index (χ4n) is 2.61. The molecule has 0 saturated carbocycles. The number of benzene rings is 1. The number of hydrogen-bond acceptors (Lipinski definition) is 3. The average Bonchev–Trinajstić information content (AvgIpc) is 2.95. The Morgan fingerprint density at radius 1 is 1.40 bits per heavy atom. The molecule has 1 amide bonds. The lowest BCUT2D eigenvalue weighted by molar-refractivity contribution is -0.128. The summed E-state index contributed by atoms with van der Waals surface area (Å²) >= 11 is 6.25. The van der Waals surface area contributed by atoms with Crippen LogP contribution in [-0.2, 0) is 11.3 Å². The van der Waals surface area contributed by atoms with E-state index >= 15 is 0 Å². The van der Waals surface area contributed by atoms with E-state index in [4.69, 9.17) is 11.6 Å². The molecule has 0 aromatic heterocycles. The molecule has 110 valence electrons. The summed E-state index contributed by atoms with van der Waals surface area (Å²) < 4.78 is 0. The van der Waals surface area contributed by atoms with Gasteiger partial charge in [0.25, 0.3) is 0 Å². The Morgan fingerprint density at radius 2 is 2.10 bits per heavy atom. The van der Waals surface area contributed by atoms with Gasteiger partial charge in [0.15, 0.2) is 0 Å². The van der Waals surface area contributed by atoms with Crippen LogP contribution in [0.3, 0.4) is 0 Å². The van der Waals surface area contributed by atoms with Crippen LogP contribution in [0.4, 0.5) is 5.69 Å². The Balaban J connectivity index is 2.10. The first kappa shape index (κ1) is 15.1. The normalized spacial score (nSPS) is 14.7. The lowest BCUT2D eigenvalue weighted by atomic mass is 10.1. The second-order valence-electron chi connectivity index (χ2n) is 5.21. The highest BCUT2D eigenvalue weighted by molar-refractivity contribution is 6.31. The van der Waals surface area contributed by atoms with Crippen molar-refractivity contribution >= 4 is 23.2 Å². The summed E-state index contributed by atoms with van der Waals surface area (Å²) in [6, 6.07) is 5.82. The number of rotatable bonds is 5. The smallest absolute Gasteiger partial charge is 0.242 e. The summed E-state index contributed by atoms with van der Waals surface area (Å²) in [6.45, 7) is 2.88. The van der Waals surface area contributed by atoms with E-state index in [-0.39, 0.29) is 5.91 Å². The van der Waals surface area contributed by atoms with E-state index in [9.17, 15) is 4.79 Å². The summed E-state index contributed by atoms with van der Waals surface area (Å²) in [7, 11) is 3.83. The molecule has 1 aliphatic heterocycles. The quantitative estimate of drug-likeness (QED) is 0.904. The number of anilines is 1. The molecule has 0 unspecified atom stereocenters. The van der Waals surface area contributed by atoms with E-state index in [0.29, 0.717) is 13.1 Å². The third-order valence-corrected chi connectivity index (χ3v) is 4.04. The molecule has 0 aliphatic carbocycles. The molecular formula is C15H22ClN3O. The minimum atomic E-state index is 0.195. The SMILES string of the molecule is CNCc1c(Cl)cccc1N(C)CC(=O)N1CCCC1. The van der Waals surface area contributed by atoms with Crippen LogP contribution in [0.1, 0.15) is 18.4 Å². The average molecular weight is 296 g/mol. The molecule has 4 nitrogen and oxygen atoms in total. The predicted molar refractivity (Wildman–Crippen MR) is 83.3 cm³/mol. The maximum atomic E-state index is 12.2. The largest absolute Gasteiger partial charge is 0.365 e. The second-order valence-corrected chi connectivity index (χ2v) is 5.62. The van der Waals surface area contributed by atoms with Gasteiger partial charge >= 0.3 is 0 Å². The lowest BCUT2D eigenvalue weighted by Crippen LogP contribution is -2.37. The van der Waals surface area contributed by atoms with Gasteiger partial charge in [0.05, 0.1) is 6.54 Å². The highest BCUT2D eigenvalue weighted by Gasteiger charge is 2.20. The van der Waals surface area contributed by atoms with Crippen molar-refractivity contribution in [1.82, 2.24) is 10.2 Å². The zero-order valence-corrected chi connectivity index (χ0v) is 12.9. The van der Waals surface area contributed by atoms with Crippen molar-refractivity contribution < 1.29 is 4.79 Å². The molecule has 0 radical (unpaired) electrons. The molecule has 20 heavy (non-hydrogen) atoms. The van der Waals surface area contributed by atoms with Crippen LogP contribution in [0.2, 0.25) is 5.02 Å². The van der Waals surface area contributed by atoms with Gasteiger partial charge in [-0.15, -0.1) is 0 Å². The Kier molecular flexibility index (Phi) is 5.26. The molecule has 0 bridgehead atoms. The van der Waals surface area contributed by atoms with Crippen LogP contribution in [0.5, 0.6) is 0 Å². The molecule has 5 heteroatoms. The summed E-state index contributed by atoms with van der Waals surface area (Å²) in [5.41, 5.74) is 2.05. The number of carbonyl (C=O) groups is 1. The third-order valence-electron chi connectivity index (χ3n) is 3.69. The molecule has 2 rings (SSSR count).